The number of epoxide rings is 1. The Kier molecular flexibility index (Phi) is 13.4. The Bertz CT molecular complexity index is 1780. The van der Waals surface area contributed by atoms with Crippen LogP contribution in [0.2, 0.25) is 0 Å². The molecule has 2 unspecified atom stereocenters. The van der Waals surface area contributed by atoms with Gasteiger partial charge in [0.1, 0.15) is 23.7 Å². The van der Waals surface area contributed by atoms with Crippen LogP contribution in [0.4, 0.5) is 0 Å². The predicted octanol–water partition coefficient (Wildman–Crippen LogP) is 2.61. The zero-order chi connectivity index (χ0) is 38.8. The average molecular weight is 744 g/mol. The van der Waals surface area contributed by atoms with Crippen molar-refractivity contribution in [2.75, 3.05) is 6.61 Å². The molecular weight excluding hydrogens is 694 g/mol. The van der Waals surface area contributed by atoms with Crippen LogP contribution in [-0.2, 0) is 64.1 Å². The molecule has 3 aromatic rings. The molecule has 54 heavy (non-hydrogen) atoms. The van der Waals surface area contributed by atoms with Crippen molar-refractivity contribution in [3.05, 3.63) is 89.3 Å². The molecule has 0 spiro atoms. The number of nitrogens with zero attached hydrogens (tertiary/aromatic N) is 2. The van der Waals surface area contributed by atoms with Gasteiger partial charge in [-0.05, 0) is 56.6 Å². The molecular formula is C40H49N5O9. The molecule has 0 aliphatic carbocycles. The summed E-state index contributed by atoms with van der Waals surface area (Å²) in [5, 5.41) is 12.5. The van der Waals surface area contributed by atoms with Crippen molar-refractivity contribution in [2.45, 2.75) is 109 Å². The Hall–Kier alpha value is -5.37. The van der Waals surface area contributed by atoms with Crippen LogP contribution in [0, 0.1) is 5.92 Å². The molecule has 14 nitrogen and oxygen atoms in total. The highest BCUT2D eigenvalue weighted by molar-refractivity contribution is 5.99. The van der Waals surface area contributed by atoms with Crippen LogP contribution in [0.5, 0.6) is 0 Å². The van der Waals surface area contributed by atoms with Crippen molar-refractivity contribution >= 4 is 35.9 Å². The number of ketones is 1. The molecule has 2 aromatic carbocycles. The summed E-state index contributed by atoms with van der Waals surface area (Å²) >= 11 is 0. The van der Waals surface area contributed by atoms with Crippen molar-refractivity contribution in [3.63, 3.8) is 0 Å². The molecule has 0 bridgehead atoms. The first kappa shape index (κ1) is 39.8. The fraction of sp³-hybridized carbons (Fsp3) is 0.475. The SMILES string of the molecule is CC(C)C[C@H](NC(=O)[C@H](Cc1ccccc1)N1C(=O)[C@@H](NC(=O)[C@H](CCc2ccccc2)NC(=O)Cc2cc(COC=O)on2)CC1C)C(=O)C1(C)CO1. The lowest BCUT2D eigenvalue weighted by atomic mass is 9.92. The van der Waals surface area contributed by atoms with E-state index in [1.807, 2.05) is 81.4 Å². The van der Waals surface area contributed by atoms with E-state index in [1.54, 1.807) is 6.92 Å². The molecule has 2 saturated heterocycles. The molecule has 3 heterocycles. The van der Waals surface area contributed by atoms with Gasteiger partial charge in [-0.2, -0.15) is 0 Å². The number of carbonyl (C=O) groups excluding carboxylic acids is 6. The zero-order valence-electron chi connectivity index (χ0n) is 31.1. The lowest BCUT2D eigenvalue weighted by Gasteiger charge is -2.33. The number of rotatable bonds is 20. The number of nitrogens with one attached hydrogen (secondary N) is 3. The van der Waals surface area contributed by atoms with E-state index in [2.05, 4.69) is 25.8 Å². The average Bonchev–Trinajstić information content (AvgIpc) is 3.65. The summed E-state index contributed by atoms with van der Waals surface area (Å²) in [6.45, 7) is 7.90. The molecule has 14 heteroatoms. The topological polar surface area (TPSA) is 190 Å². The maximum absolute atomic E-state index is 14.2. The summed E-state index contributed by atoms with van der Waals surface area (Å²) in [5.41, 5.74) is 1.13. The van der Waals surface area contributed by atoms with E-state index in [-0.39, 0.29) is 61.9 Å². The summed E-state index contributed by atoms with van der Waals surface area (Å²) in [6, 6.07) is 16.1. The molecule has 2 aliphatic rings. The van der Waals surface area contributed by atoms with Gasteiger partial charge in [0.05, 0.1) is 24.8 Å². The van der Waals surface area contributed by atoms with Gasteiger partial charge >= 0.3 is 0 Å². The highest BCUT2D eigenvalue weighted by Crippen LogP contribution is 2.30. The monoisotopic (exact) mass is 743 g/mol. The van der Waals surface area contributed by atoms with E-state index in [1.165, 1.54) is 11.0 Å². The second-order valence-corrected chi connectivity index (χ2v) is 14.7. The first-order valence-electron chi connectivity index (χ1n) is 18.3. The number of amides is 4. The Labute approximate surface area is 314 Å². The third-order valence-electron chi connectivity index (χ3n) is 9.73. The fourth-order valence-corrected chi connectivity index (χ4v) is 6.81. The minimum Gasteiger partial charge on any atom is -0.460 e. The minimum atomic E-state index is -1.00. The number of hydrogen-bond acceptors (Lipinski definition) is 10. The Morgan fingerprint density at radius 1 is 1.00 bits per heavy atom. The molecule has 1 aromatic heterocycles. The minimum absolute atomic E-state index is 0.105. The van der Waals surface area contributed by atoms with Crippen molar-refractivity contribution < 1.29 is 42.8 Å². The molecule has 4 amide bonds. The number of hydrogen-bond donors (Lipinski definition) is 3. The molecule has 0 saturated carbocycles. The number of likely N-dealkylation sites (tertiary alicyclic amines) is 1. The van der Waals surface area contributed by atoms with Crippen LogP contribution in [0.1, 0.15) is 69.5 Å². The number of aryl methyl sites for hydroxylation is 1. The van der Waals surface area contributed by atoms with Crippen molar-refractivity contribution in [1.29, 1.82) is 0 Å². The van der Waals surface area contributed by atoms with E-state index in [0.717, 1.165) is 11.1 Å². The van der Waals surface area contributed by atoms with E-state index in [9.17, 15) is 28.8 Å². The second-order valence-electron chi connectivity index (χ2n) is 14.7. The summed E-state index contributed by atoms with van der Waals surface area (Å²) < 4.78 is 15.2. The maximum atomic E-state index is 14.2. The highest BCUT2D eigenvalue weighted by Gasteiger charge is 2.51. The third-order valence-corrected chi connectivity index (χ3v) is 9.73. The van der Waals surface area contributed by atoms with E-state index in [4.69, 9.17) is 9.26 Å². The third kappa shape index (κ3) is 10.6. The predicted molar refractivity (Wildman–Crippen MR) is 195 cm³/mol. The normalized spacial score (nSPS) is 20.8. The molecule has 2 fully saturated rings. The molecule has 0 radical (unpaired) electrons. The van der Waals surface area contributed by atoms with Gasteiger partial charge in [0.25, 0.3) is 6.47 Å². The summed E-state index contributed by atoms with van der Waals surface area (Å²) in [6.07, 6.45) is 1.35. The number of benzene rings is 2. The van der Waals surface area contributed by atoms with Gasteiger partial charge in [-0.15, -0.1) is 0 Å². The lowest BCUT2D eigenvalue weighted by Crippen LogP contribution is -2.57. The molecule has 5 rings (SSSR count). The van der Waals surface area contributed by atoms with Gasteiger partial charge in [0.15, 0.2) is 18.2 Å². The first-order valence-corrected chi connectivity index (χ1v) is 18.3. The number of Topliss-reactive ketones (excluding diaryl/α,β-unsaturated/α-hetero) is 1. The zero-order valence-corrected chi connectivity index (χ0v) is 31.1. The smallest absolute Gasteiger partial charge is 0.293 e. The van der Waals surface area contributed by atoms with Crippen molar-refractivity contribution in [3.8, 4) is 0 Å². The standard InChI is InChI=1S/C40H49N5O9/c1-25(2)17-32(36(48)40(4)23-53-40)42-38(50)34(19-28-13-9-6-10-14-28)45-26(3)18-33(39(45)51)43-37(49)31(16-15-27-11-7-5-8-12-27)41-35(47)21-29-20-30(54-44-29)22-52-24-46/h5-14,20,24-26,31-34H,15-19,21-23H2,1-4H3,(H,41,47)(H,42,50)(H,43,49)/t26?,31-,32-,33-,34-,40?/m0/s1. The van der Waals surface area contributed by atoms with E-state index >= 15 is 0 Å². The second kappa shape index (κ2) is 18.1. The first-order chi connectivity index (χ1) is 25.9. The molecule has 2 aliphatic heterocycles. The van der Waals surface area contributed by atoms with Gasteiger partial charge in [-0.1, -0.05) is 79.7 Å². The highest BCUT2D eigenvalue weighted by atomic mass is 16.6. The van der Waals surface area contributed by atoms with Crippen molar-refractivity contribution in [2.24, 2.45) is 5.92 Å². The van der Waals surface area contributed by atoms with E-state index in [0.29, 0.717) is 19.4 Å². The Morgan fingerprint density at radius 2 is 1.67 bits per heavy atom. The van der Waals surface area contributed by atoms with E-state index < -0.39 is 59.4 Å². The maximum Gasteiger partial charge on any atom is 0.293 e. The van der Waals surface area contributed by atoms with Crippen LogP contribution in [-0.4, -0.2) is 88.4 Å². The van der Waals surface area contributed by atoms with Crippen LogP contribution in [0.25, 0.3) is 0 Å². The Morgan fingerprint density at radius 3 is 2.30 bits per heavy atom. The van der Waals surface area contributed by atoms with Gasteiger partial charge in [-0.25, -0.2) is 0 Å². The number of ether oxygens (including phenoxy) is 2. The Balaban J connectivity index is 1.31. The number of aromatic nitrogens is 1. The molecule has 3 N–H and O–H groups in total. The van der Waals surface area contributed by atoms with Gasteiger partial charge in [0.2, 0.25) is 23.6 Å². The molecule has 288 valence electrons. The van der Waals surface area contributed by atoms with Crippen LogP contribution < -0.4 is 16.0 Å². The summed E-state index contributed by atoms with van der Waals surface area (Å²) in [7, 11) is 0. The number of carbonyl (C=O) groups is 6. The molecule has 6 atom stereocenters. The summed E-state index contributed by atoms with van der Waals surface area (Å²) in [5.74, 6) is -1.78. The lowest BCUT2D eigenvalue weighted by molar-refractivity contribution is -0.142. The van der Waals surface area contributed by atoms with Gasteiger partial charge in [0, 0.05) is 18.5 Å². The van der Waals surface area contributed by atoms with Crippen LogP contribution >= 0.6 is 0 Å². The van der Waals surface area contributed by atoms with Crippen LogP contribution in [0.3, 0.4) is 0 Å². The fourth-order valence-electron chi connectivity index (χ4n) is 6.81. The van der Waals surface area contributed by atoms with Gasteiger partial charge in [-0.3, -0.25) is 28.8 Å². The largest absolute Gasteiger partial charge is 0.460 e. The quantitative estimate of drug-likeness (QED) is 0.115. The van der Waals surface area contributed by atoms with Crippen molar-refractivity contribution in [1.82, 2.24) is 26.0 Å². The van der Waals surface area contributed by atoms with Gasteiger partial charge < -0.3 is 34.8 Å². The summed E-state index contributed by atoms with van der Waals surface area (Å²) in [4.78, 5) is 80.9. The van der Waals surface area contributed by atoms with Crippen LogP contribution in [0.15, 0.2) is 71.3 Å².